The summed E-state index contributed by atoms with van der Waals surface area (Å²) >= 11 is 0. The number of ether oxygens (including phenoxy) is 1. The molecule has 0 saturated carbocycles. The lowest BCUT2D eigenvalue weighted by Gasteiger charge is -2.44. The van der Waals surface area contributed by atoms with E-state index in [-0.39, 0.29) is 23.4 Å². The van der Waals surface area contributed by atoms with E-state index in [9.17, 15) is 13.2 Å². The molecule has 1 aromatic heterocycles. The minimum atomic E-state index is -3.59. The lowest BCUT2D eigenvalue weighted by Crippen LogP contribution is -2.55. The van der Waals surface area contributed by atoms with Gasteiger partial charge >= 0.3 is 0 Å². The number of carbonyl (C=O) groups excluding carboxylic acids is 1. The van der Waals surface area contributed by atoms with Crippen molar-refractivity contribution in [1.29, 1.82) is 0 Å². The van der Waals surface area contributed by atoms with Gasteiger partial charge in [-0.25, -0.2) is 8.42 Å². The van der Waals surface area contributed by atoms with Crippen LogP contribution >= 0.6 is 0 Å². The molecule has 4 rings (SSSR count). The van der Waals surface area contributed by atoms with Crippen LogP contribution < -0.4 is 0 Å². The monoisotopic (exact) mass is 368 g/mol. The van der Waals surface area contributed by atoms with Gasteiger partial charge in [-0.15, -0.1) is 0 Å². The van der Waals surface area contributed by atoms with Crippen molar-refractivity contribution in [2.24, 2.45) is 5.41 Å². The lowest BCUT2D eigenvalue weighted by molar-refractivity contribution is -0.150. The molecule has 1 spiro atoms. The number of piperidine rings is 1. The topological polar surface area (TPSA) is 95.6 Å². The fourth-order valence-electron chi connectivity index (χ4n) is 4.39. The molecule has 0 radical (unpaired) electrons. The number of carbonyl (C=O) groups is 1. The van der Waals surface area contributed by atoms with Gasteiger partial charge in [-0.3, -0.25) is 9.89 Å². The van der Waals surface area contributed by atoms with Gasteiger partial charge in [0.25, 0.3) is 0 Å². The molecule has 3 saturated heterocycles. The molecule has 1 atom stereocenters. The van der Waals surface area contributed by atoms with Crippen molar-refractivity contribution < 1.29 is 17.9 Å². The van der Waals surface area contributed by atoms with Crippen LogP contribution in [0.25, 0.3) is 0 Å². The third kappa shape index (κ3) is 2.88. The van der Waals surface area contributed by atoms with E-state index in [1.165, 1.54) is 16.7 Å². The van der Waals surface area contributed by atoms with Crippen LogP contribution in [0, 0.1) is 5.41 Å². The Morgan fingerprint density at radius 2 is 2.04 bits per heavy atom. The first-order chi connectivity index (χ1) is 12.0. The van der Waals surface area contributed by atoms with Gasteiger partial charge in [-0.05, 0) is 32.1 Å². The summed E-state index contributed by atoms with van der Waals surface area (Å²) in [5.74, 6) is 0.135. The van der Waals surface area contributed by atoms with E-state index >= 15 is 0 Å². The van der Waals surface area contributed by atoms with Gasteiger partial charge in [0, 0.05) is 45.1 Å². The summed E-state index contributed by atoms with van der Waals surface area (Å²) in [6.45, 7) is 2.84. The molecule has 25 heavy (non-hydrogen) atoms. The molecule has 0 bridgehead atoms. The Morgan fingerprint density at radius 3 is 2.76 bits per heavy atom. The Hall–Kier alpha value is -1.45. The summed E-state index contributed by atoms with van der Waals surface area (Å²) in [6.07, 6.45) is 6.75. The quantitative estimate of drug-likeness (QED) is 0.843. The van der Waals surface area contributed by atoms with Crippen LogP contribution in [-0.4, -0.2) is 72.6 Å². The Labute approximate surface area is 147 Å². The first-order valence-electron chi connectivity index (χ1n) is 8.91. The lowest BCUT2D eigenvalue weighted by atomic mass is 9.77. The summed E-state index contributed by atoms with van der Waals surface area (Å²) in [5, 5.41) is 6.28. The van der Waals surface area contributed by atoms with E-state index in [0.717, 1.165) is 32.2 Å². The molecule has 1 amide bonds. The van der Waals surface area contributed by atoms with E-state index in [1.54, 1.807) is 0 Å². The van der Waals surface area contributed by atoms with Crippen LogP contribution in [-0.2, 0) is 19.6 Å². The Kier molecular flexibility index (Phi) is 4.33. The fraction of sp³-hybridized carbons (Fsp3) is 0.750. The highest BCUT2D eigenvalue weighted by molar-refractivity contribution is 7.89. The Balaban J connectivity index is 1.53. The van der Waals surface area contributed by atoms with Gasteiger partial charge in [-0.1, -0.05) is 0 Å². The molecule has 138 valence electrons. The number of H-pyrrole nitrogens is 1. The molecule has 1 N–H and O–H groups in total. The van der Waals surface area contributed by atoms with Crippen LogP contribution in [0.5, 0.6) is 0 Å². The highest BCUT2D eigenvalue weighted by Gasteiger charge is 2.52. The number of likely N-dealkylation sites (tertiary alicyclic amines) is 1. The van der Waals surface area contributed by atoms with Crippen molar-refractivity contribution in [1.82, 2.24) is 19.4 Å². The van der Waals surface area contributed by atoms with Crippen molar-refractivity contribution in [3.63, 3.8) is 0 Å². The average Bonchev–Trinajstić information content (AvgIpc) is 3.30. The molecule has 3 aliphatic rings. The second kappa shape index (κ2) is 6.37. The molecule has 8 nitrogen and oxygen atoms in total. The number of hydrogen-bond donors (Lipinski definition) is 1. The molecule has 0 unspecified atom stereocenters. The van der Waals surface area contributed by atoms with Crippen LogP contribution in [0.4, 0.5) is 0 Å². The zero-order valence-electron chi connectivity index (χ0n) is 14.2. The van der Waals surface area contributed by atoms with E-state index in [1.807, 2.05) is 4.90 Å². The van der Waals surface area contributed by atoms with Gasteiger partial charge in [0.05, 0.1) is 11.6 Å². The number of nitrogens with one attached hydrogen (secondary N) is 1. The van der Waals surface area contributed by atoms with Crippen molar-refractivity contribution in [2.45, 2.75) is 43.0 Å². The third-order valence-electron chi connectivity index (χ3n) is 5.83. The second-order valence-corrected chi connectivity index (χ2v) is 9.19. The van der Waals surface area contributed by atoms with Gasteiger partial charge in [0.1, 0.15) is 4.90 Å². The Morgan fingerprint density at radius 1 is 1.24 bits per heavy atom. The number of amides is 1. The molecule has 3 aliphatic heterocycles. The van der Waals surface area contributed by atoms with E-state index in [0.29, 0.717) is 26.2 Å². The van der Waals surface area contributed by atoms with Crippen molar-refractivity contribution in [3.05, 3.63) is 12.4 Å². The summed E-state index contributed by atoms with van der Waals surface area (Å²) in [6, 6.07) is 0.234. The zero-order valence-corrected chi connectivity index (χ0v) is 15.0. The molecule has 0 aromatic carbocycles. The third-order valence-corrected chi connectivity index (χ3v) is 7.64. The number of hydrogen-bond acceptors (Lipinski definition) is 5. The predicted octanol–water partition coefficient (Wildman–Crippen LogP) is 0.592. The summed E-state index contributed by atoms with van der Waals surface area (Å²) in [5.41, 5.74) is -0.562. The molecule has 4 heterocycles. The minimum absolute atomic E-state index is 0.135. The number of rotatable bonds is 3. The standard InChI is InChI=1S/C16H24N4O4S/c21-15-16(4-1-6-20(15)13-2-8-24-9-3-13)5-7-19(12-16)25(22,23)14-10-17-18-11-14/h10-11,13H,1-9,12H2,(H,17,18)/t16-/m0/s1. The SMILES string of the molecule is O=C1N(C2CCOCC2)CCC[C@@]12CCN(S(=O)(=O)c1cn[nH]c1)C2. The molecule has 1 aromatic rings. The van der Waals surface area contributed by atoms with Crippen LogP contribution in [0.15, 0.2) is 17.3 Å². The van der Waals surface area contributed by atoms with Crippen LogP contribution in [0.1, 0.15) is 32.1 Å². The zero-order chi connectivity index (χ0) is 17.5. The number of aromatic nitrogens is 2. The maximum Gasteiger partial charge on any atom is 0.246 e. The van der Waals surface area contributed by atoms with Crippen molar-refractivity contribution >= 4 is 15.9 Å². The van der Waals surface area contributed by atoms with E-state index in [4.69, 9.17) is 4.74 Å². The minimum Gasteiger partial charge on any atom is -0.381 e. The number of aromatic amines is 1. The maximum absolute atomic E-state index is 13.3. The van der Waals surface area contributed by atoms with Crippen molar-refractivity contribution in [3.8, 4) is 0 Å². The van der Waals surface area contributed by atoms with Gasteiger partial charge in [-0.2, -0.15) is 9.40 Å². The summed E-state index contributed by atoms with van der Waals surface area (Å²) < 4.78 is 32.3. The number of nitrogens with zero attached hydrogens (tertiary/aromatic N) is 3. The average molecular weight is 368 g/mol. The second-order valence-electron chi connectivity index (χ2n) is 7.25. The van der Waals surface area contributed by atoms with Gasteiger partial charge < -0.3 is 9.64 Å². The predicted molar refractivity (Wildman–Crippen MR) is 89.2 cm³/mol. The fourth-order valence-corrected chi connectivity index (χ4v) is 5.83. The molecular formula is C16H24N4O4S. The molecule has 9 heteroatoms. The van der Waals surface area contributed by atoms with Gasteiger partial charge in [0.15, 0.2) is 0 Å². The smallest absolute Gasteiger partial charge is 0.246 e. The first-order valence-corrected chi connectivity index (χ1v) is 10.3. The largest absolute Gasteiger partial charge is 0.381 e. The summed E-state index contributed by atoms with van der Waals surface area (Å²) in [7, 11) is -3.59. The first kappa shape index (κ1) is 17.0. The summed E-state index contributed by atoms with van der Waals surface area (Å²) in [4.78, 5) is 15.4. The van der Waals surface area contributed by atoms with Crippen molar-refractivity contribution in [2.75, 3.05) is 32.8 Å². The maximum atomic E-state index is 13.3. The van der Waals surface area contributed by atoms with E-state index < -0.39 is 15.4 Å². The molecule has 3 fully saturated rings. The van der Waals surface area contributed by atoms with Gasteiger partial charge in [0.2, 0.25) is 15.9 Å². The molecular weight excluding hydrogens is 344 g/mol. The highest BCUT2D eigenvalue weighted by atomic mass is 32.2. The van der Waals surface area contributed by atoms with E-state index in [2.05, 4.69) is 10.2 Å². The molecule has 0 aliphatic carbocycles. The van der Waals surface area contributed by atoms with Crippen LogP contribution in [0.3, 0.4) is 0 Å². The number of sulfonamides is 1. The Bertz CT molecular complexity index is 729. The normalized spacial score (nSPS) is 29.6. The van der Waals surface area contributed by atoms with Crippen LogP contribution in [0.2, 0.25) is 0 Å². The highest BCUT2D eigenvalue weighted by Crippen LogP contribution is 2.42.